The maximum Gasteiger partial charge on any atom is 0.510 e. The van der Waals surface area contributed by atoms with E-state index < -0.39 is 155 Å². The third kappa shape index (κ3) is 21.7. The number of nitrogens with one attached hydrogen (secondary N) is 6. The fourth-order valence-electron chi connectivity index (χ4n) is 16.1. The van der Waals surface area contributed by atoms with Crippen LogP contribution in [0.25, 0.3) is 44.5 Å². The fraction of sp³-hybridized carbons (Fsp3) is 0.558. The molecule has 7 fully saturated rings. The number of pyridine rings is 2. The Morgan fingerprint density at radius 2 is 1.11 bits per heavy atom. The third-order valence-corrected chi connectivity index (χ3v) is 31.4. The van der Waals surface area contributed by atoms with E-state index in [0.29, 0.717) is 79.9 Å². The van der Waals surface area contributed by atoms with E-state index in [4.69, 9.17) is 61.9 Å². The summed E-state index contributed by atoms with van der Waals surface area (Å²) in [6.45, 7) is 26.1. The molecule has 7 N–H and O–H groups in total. The Morgan fingerprint density at radius 1 is 0.634 bits per heavy atom. The lowest BCUT2D eigenvalue weighted by atomic mass is 9.85. The second-order valence-electron chi connectivity index (χ2n) is 35.0. The number of aromatic nitrogens is 3. The standard InChI is InChI=1S/C43H59N6O12PS.C43H56N5O10PS/c1-10-26-20-43(26,62(54,55)58-23-57-41(53)59-25(4)5)48-37(50)34-18-29(21-49(34)38(51)36(42(6,7)8)47-40(52)61-27-13-11-12-14-27)60-35-19-32(33-22-63-39(46-33)44-24(2)3)45-31-17-28(56-9)15-16-30(31)35;1-7-28-25-43(28,59(52,56-8-2)47-60(53,54)32-19-20-32)46-39(49)36-23-31(26-48(36)40(50)38(42(3,4)5)45-41(51)58-29-16-12-13-17-29)57-37-24-34(27-14-10-9-11-15-27)44-35-22-30(55-6)18-21-33(35)37/h10,15-17,19,22,24-27,29,34,36H,1,11-14,18,20-21,23H2,2-9H3,(H,44,46)(H,47,52)(H,48,50)(H,54,55);7,9-11,14-15,18,21-22,24,28-29,31-32,36,38H,1,8,12-13,16-17,19-20,23,25-26H2,2-6H3,(H,45,51)(H,46,49)(H,47,52)/t26-,29-,34+,36-,43+;28-,31-,36+,38-,43+,59?/m11/s1. The zero-order valence-corrected chi connectivity index (χ0v) is 75.3. The third-order valence-electron chi connectivity index (χ3n) is 22.9. The SMILES string of the molecule is C=C[C@@H]1C[C@]1(NC(=O)[C@@H]1C[C@@H](Oc2cc(-c3ccccc3)nc3cc(OC)ccc23)CN1C(=O)[C@@H](NC(=O)OC1CCCC1)C(C)(C)C)P(=O)(NS(=O)(=O)C1CC1)OCC.C=C[C@@H]1C[C@]1(NC(=O)[C@@H]1C[C@@H](Oc2cc(-c3csc(NC(C)C)n3)nc3cc(OC)ccc23)CN1C(=O)[C@@H](NC(=O)OC1CCCC1)C(C)(C)C)P(=O)(O)OCOC(=O)OC(C)C. The lowest BCUT2D eigenvalue weighted by molar-refractivity contribution is -0.142. The molecule has 0 bridgehead atoms. The van der Waals surface area contributed by atoms with E-state index in [0.717, 1.165) is 56.9 Å². The van der Waals surface area contributed by atoms with Gasteiger partial charge in [-0.15, -0.1) is 29.0 Å². The van der Waals surface area contributed by atoms with Gasteiger partial charge < -0.3 is 83.7 Å². The molecule has 13 rings (SSSR count). The highest BCUT2D eigenvalue weighted by Crippen LogP contribution is 2.72. The van der Waals surface area contributed by atoms with Gasteiger partial charge in [-0.05, 0) is 147 Å². The number of sulfonamides is 1. The molecule has 12 atom stereocenters. The molecule has 0 radical (unpaired) electrons. The van der Waals surface area contributed by atoms with Gasteiger partial charge >= 0.3 is 33.5 Å². The molecule has 5 aliphatic carbocycles. The van der Waals surface area contributed by atoms with Gasteiger partial charge in [0.05, 0.1) is 67.7 Å². The Bertz CT molecular complexity index is 5130. The number of thiazole rings is 1. The summed E-state index contributed by atoms with van der Waals surface area (Å²) in [7, 11) is -10.0. The second-order valence-corrected chi connectivity index (χ2v) is 42.6. The van der Waals surface area contributed by atoms with Crippen molar-refractivity contribution in [3.8, 4) is 45.6 Å². The Kier molecular flexibility index (Phi) is 28.8. The fourth-order valence-corrected chi connectivity index (χ4v) is 23.9. The van der Waals surface area contributed by atoms with Crippen LogP contribution in [-0.2, 0) is 66.3 Å². The van der Waals surface area contributed by atoms with Crippen LogP contribution in [0.3, 0.4) is 0 Å². The highest BCUT2D eigenvalue weighted by molar-refractivity contribution is 7.96. The number of methoxy groups -OCH3 is 2. The van der Waals surface area contributed by atoms with Gasteiger partial charge in [-0.2, -0.15) is 0 Å². The maximum absolute atomic E-state index is 14.9. The minimum absolute atomic E-state index is 0.00315. The number of fused-ring (bicyclic) bond motifs is 2. The van der Waals surface area contributed by atoms with Gasteiger partial charge in [0.1, 0.15) is 87.8 Å². The van der Waals surface area contributed by atoms with Crippen molar-refractivity contribution in [3.05, 3.63) is 110 Å². The molecular formula is C86H115N11O22P2S2. The highest BCUT2D eigenvalue weighted by Gasteiger charge is 2.70. The summed E-state index contributed by atoms with van der Waals surface area (Å²) < 4.78 is 114. The lowest BCUT2D eigenvalue weighted by Crippen LogP contribution is -2.59. The van der Waals surface area contributed by atoms with E-state index in [1.807, 2.05) is 88.5 Å². The summed E-state index contributed by atoms with van der Waals surface area (Å²) in [5, 5.41) is 14.3. The first-order valence-corrected chi connectivity index (χ1v) is 47.5. The van der Waals surface area contributed by atoms with Crippen molar-refractivity contribution in [2.75, 3.05) is 46.0 Å². The van der Waals surface area contributed by atoms with Crippen LogP contribution in [0.4, 0.5) is 19.5 Å². The van der Waals surface area contributed by atoms with Crippen molar-refractivity contribution in [3.63, 3.8) is 0 Å². The number of anilines is 1. The molecule has 2 saturated heterocycles. The van der Waals surface area contributed by atoms with E-state index in [1.165, 1.54) is 33.3 Å². The summed E-state index contributed by atoms with van der Waals surface area (Å²) in [5.74, 6) is -1.83. The van der Waals surface area contributed by atoms with Gasteiger partial charge in [0.25, 0.3) is 0 Å². The van der Waals surface area contributed by atoms with Crippen molar-refractivity contribution in [2.24, 2.45) is 22.7 Å². The van der Waals surface area contributed by atoms with Crippen LogP contribution in [0, 0.1) is 22.7 Å². The first-order valence-electron chi connectivity index (χ1n) is 41.9. The molecule has 37 heteroatoms. The topological polar surface area (TPSA) is 418 Å². The quantitative estimate of drug-likeness (QED) is 0.00661. The van der Waals surface area contributed by atoms with Gasteiger partial charge in [-0.3, -0.25) is 32.8 Å². The van der Waals surface area contributed by atoms with Crippen LogP contribution >= 0.6 is 26.5 Å². The van der Waals surface area contributed by atoms with Gasteiger partial charge in [-0.25, -0.2) is 37.8 Å². The summed E-state index contributed by atoms with van der Waals surface area (Å²) in [6, 6.07) is 19.4. The Labute approximate surface area is 721 Å². The molecule has 0 spiro atoms. The minimum Gasteiger partial charge on any atom is -0.497 e. The molecule has 123 heavy (non-hydrogen) atoms. The van der Waals surface area contributed by atoms with Crippen LogP contribution in [-0.4, -0.2) is 197 Å². The number of nitrogens with zero attached hydrogens (tertiary/aromatic N) is 5. The normalized spacial score (nSPS) is 23.6. The minimum atomic E-state index is -4.78. The molecule has 2 unspecified atom stereocenters. The van der Waals surface area contributed by atoms with Crippen molar-refractivity contribution >= 4 is 105 Å². The Balaban J connectivity index is 0.000000225. The van der Waals surface area contributed by atoms with Gasteiger partial charge in [0.2, 0.25) is 40.4 Å². The van der Waals surface area contributed by atoms with Crippen LogP contribution in [0.5, 0.6) is 23.0 Å². The molecule has 5 heterocycles. The first-order chi connectivity index (χ1) is 58.2. The molecule has 2 aliphatic heterocycles. The zero-order chi connectivity index (χ0) is 88.9. The number of carbonyl (C=O) groups excluding carboxylic acids is 7. The van der Waals surface area contributed by atoms with Crippen LogP contribution in [0.15, 0.2) is 110 Å². The maximum atomic E-state index is 14.9. The first kappa shape index (κ1) is 92.7. The molecule has 7 aliphatic rings. The number of benzene rings is 3. The van der Waals surface area contributed by atoms with Gasteiger partial charge in [-0.1, -0.05) is 84.0 Å². The second kappa shape index (κ2) is 38.2. The predicted octanol–water partition coefficient (Wildman–Crippen LogP) is 14.0. The van der Waals surface area contributed by atoms with E-state index in [-0.39, 0.29) is 63.6 Å². The van der Waals surface area contributed by atoms with Crippen molar-refractivity contribution in [1.82, 2.24) is 50.5 Å². The van der Waals surface area contributed by atoms with Crippen molar-refractivity contribution in [1.29, 1.82) is 0 Å². The number of hydrogen-bond donors (Lipinski definition) is 7. The number of alkyl carbamates (subject to hydrolysis) is 2. The van der Waals surface area contributed by atoms with Gasteiger partial charge in [0, 0.05) is 76.7 Å². The summed E-state index contributed by atoms with van der Waals surface area (Å²) >= 11 is 1.43. The van der Waals surface area contributed by atoms with Gasteiger partial charge in [0.15, 0.2) is 5.13 Å². The number of ether oxygens (including phenoxy) is 8. The summed E-state index contributed by atoms with van der Waals surface area (Å²) in [6.07, 6.45) is 5.41. The van der Waals surface area contributed by atoms with E-state index in [1.54, 1.807) is 86.1 Å². The summed E-state index contributed by atoms with van der Waals surface area (Å²) in [4.78, 5) is 126. The molecule has 6 amide bonds. The van der Waals surface area contributed by atoms with E-state index in [2.05, 4.69) is 44.2 Å². The monoisotopic (exact) mass is 1780 g/mol. The number of rotatable bonds is 33. The smallest absolute Gasteiger partial charge is 0.497 e. The van der Waals surface area contributed by atoms with Crippen LogP contribution in [0.2, 0.25) is 0 Å². The average Bonchev–Trinajstić information content (AvgIpc) is 1.54. The average molecular weight is 1780 g/mol. The van der Waals surface area contributed by atoms with E-state index >= 15 is 0 Å². The molecule has 5 saturated carbocycles. The summed E-state index contributed by atoms with van der Waals surface area (Å²) in [5.41, 5.74) is 2.08. The Morgan fingerprint density at radius 3 is 1.56 bits per heavy atom. The lowest BCUT2D eigenvalue weighted by Gasteiger charge is -2.36. The van der Waals surface area contributed by atoms with Crippen molar-refractivity contribution < 1.29 is 103 Å². The molecule has 3 aromatic carbocycles. The number of likely N-dealkylation sites (tertiary alicyclic amines) is 2. The molecule has 33 nitrogen and oxygen atoms in total. The highest BCUT2D eigenvalue weighted by atomic mass is 32.2. The molecule has 6 aromatic rings. The number of hydrogen-bond acceptors (Lipinski definition) is 26. The van der Waals surface area contributed by atoms with Crippen molar-refractivity contribution in [2.45, 2.75) is 243 Å². The predicted molar refractivity (Wildman–Crippen MR) is 462 cm³/mol. The van der Waals surface area contributed by atoms with Crippen LogP contribution < -0.4 is 50.0 Å². The molecular weight excluding hydrogens is 1670 g/mol. The largest absolute Gasteiger partial charge is 0.510 e. The number of carbonyl (C=O) groups is 7. The zero-order valence-electron chi connectivity index (χ0n) is 71.9. The van der Waals surface area contributed by atoms with Crippen LogP contribution in [0.1, 0.15) is 166 Å². The Hall–Kier alpha value is -9.47. The molecule has 3 aromatic heterocycles. The number of amides is 6. The molecule has 668 valence electrons. The van der Waals surface area contributed by atoms with E-state index in [9.17, 15) is 56.0 Å².